The second-order valence-corrected chi connectivity index (χ2v) is 5.24. The van der Waals surface area contributed by atoms with E-state index < -0.39 is 0 Å². The van der Waals surface area contributed by atoms with E-state index in [1.165, 1.54) is 17.5 Å². The first-order valence-corrected chi connectivity index (χ1v) is 7.15. The second kappa shape index (κ2) is 5.68. The van der Waals surface area contributed by atoms with Crippen LogP contribution in [0.25, 0.3) is 10.9 Å². The van der Waals surface area contributed by atoms with E-state index in [-0.39, 0.29) is 0 Å². The van der Waals surface area contributed by atoms with Crippen LogP contribution in [0.3, 0.4) is 0 Å². The molecule has 3 rings (SSSR count). The SMILES string of the molecule is CC(c1ccc2ccccc2n1)N1CCCNCC1. The first-order valence-electron chi connectivity index (χ1n) is 7.15. The summed E-state index contributed by atoms with van der Waals surface area (Å²) in [6.45, 7) is 6.74. The van der Waals surface area contributed by atoms with E-state index in [9.17, 15) is 0 Å². The minimum Gasteiger partial charge on any atom is -0.315 e. The molecule has 3 nitrogen and oxygen atoms in total. The van der Waals surface area contributed by atoms with E-state index >= 15 is 0 Å². The number of hydrogen-bond acceptors (Lipinski definition) is 3. The van der Waals surface area contributed by atoms with Gasteiger partial charge in [-0.3, -0.25) is 9.88 Å². The van der Waals surface area contributed by atoms with Crippen molar-refractivity contribution in [3.05, 3.63) is 42.1 Å². The minimum atomic E-state index is 0.393. The highest BCUT2D eigenvalue weighted by molar-refractivity contribution is 5.78. The van der Waals surface area contributed by atoms with Gasteiger partial charge in [0.2, 0.25) is 0 Å². The number of rotatable bonds is 2. The average molecular weight is 255 g/mol. The summed E-state index contributed by atoms with van der Waals surface area (Å²) in [5.74, 6) is 0. The number of fused-ring (bicyclic) bond motifs is 1. The Balaban J connectivity index is 1.85. The Morgan fingerprint density at radius 2 is 2.00 bits per heavy atom. The van der Waals surface area contributed by atoms with E-state index in [1.54, 1.807) is 0 Å². The van der Waals surface area contributed by atoms with E-state index in [1.807, 2.05) is 0 Å². The molecule has 1 aliphatic heterocycles. The molecule has 19 heavy (non-hydrogen) atoms. The van der Waals surface area contributed by atoms with Crippen molar-refractivity contribution >= 4 is 10.9 Å². The fourth-order valence-electron chi connectivity index (χ4n) is 2.76. The first-order chi connectivity index (χ1) is 9.34. The molecule has 1 unspecified atom stereocenters. The number of pyridine rings is 1. The molecule has 3 heteroatoms. The number of nitrogens with zero attached hydrogens (tertiary/aromatic N) is 2. The third kappa shape index (κ3) is 2.77. The lowest BCUT2D eigenvalue weighted by Gasteiger charge is -2.27. The van der Waals surface area contributed by atoms with Crippen LogP contribution < -0.4 is 5.32 Å². The van der Waals surface area contributed by atoms with Gasteiger partial charge in [-0.25, -0.2) is 0 Å². The maximum atomic E-state index is 4.82. The van der Waals surface area contributed by atoms with Gasteiger partial charge in [0.05, 0.1) is 11.2 Å². The molecule has 2 heterocycles. The van der Waals surface area contributed by atoms with Gasteiger partial charge in [-0.2, -0.15) is 0 Å². The molecule has 0 bridgehead atoms. The molecule has 1 aliphatic rings. The van der Waals surface area contributed by atoms with Crippen LogP contribution in [0, 0.1) is 0 Å². The molecule has 2 aromatic rings. The molecule has 0 amide bonds. The average Bonchev–Trinajstić information content (AvgIpc) is 2.75. The highest BCUT2D eigenvalue weighted by Gasteiger charge is 2.18. The van der Waals surface area contributed by atoms with Crippen LogP contribution >= 0.6 is 0 Å². The van der Waals surface area contributed by atoms with E-state index in [2.05, 4.69) is 53.5 Å². The largest absolute Gasteiger partial charge is 0.315 e. The molecule has 100 valence electrons. The molecule has 0 spiro atoms. The minimum absolute atomic E-state index is 0.393. The van der Waals surface area contributed by atoms with Gasteiger partial charge >= 0.3 is 0 Å². The van der Waals surface area contributed by atoms with Gasteiger partial charge < -0.3 is 5.32 Å². The Kier molecular flexibility index (Phi) is 3.76. The van der Waals surface area contributed by atoms with Gasteiger partial charge in [0, 0.05) is 31.1 Å². The van der Waals surface area contributed by atoms with Crippen molar-refractivity contribution in [2.24, 2.45) is 0 Å². The van der Waals surface area contributed by atoms with Crippen LogP contribution in [0.1, 0.15) is 25.1 Å². The number of para-hydroxylation sites is 1. The summed E-state index contributed by atoms with van der Waals surface area (Å²) < 4.78 is 0. The highest BCUT2D eigenvalue weighted by atomic mass is 15.2. The van der Waals surface area contributed by atoms with Gasteiger partial charge in [0.25, 0.3) is 0 Å². The molecule has 0 radical (unpaired) electrons. The van der Waals surface area contributed by atoms with E-state index in [0.717, 1.165) is 31.7 Å². The predicted octanol–water partition coefficient (Wildman–Crippen LogP) is 2.59. The van der Waals surface area contributed by atoms with Crippen LogP contribution in [0.2, 0.25) is 0 Å². The smallest absolute Gasteiger partial charge is 0.0706 e. The summed E-state index contributed by atoms with van der Waals surface area (Å²) in [7, 11) is 0. The van der Waals surface area contributed by atoms with Crippen molar-refractivity contribution in [2.45, 2.75) is 19.4 Å². The number of nitrogens with one attached hydrogen (secondary N) is 1. The van der Waals surface area contributed by atoms with Crippen molar-refractivity contribution in [2.75, 3.05) is 26.2 Å². The fraction of sp³-hybridized carbons (Fsp3) is 0.438. The zero-order valence-corrected chi connectivity index (χ0v) is 11.5. The molecule has 0 saturated carbocycles. The van der Waals surface area contributed by atoms with E-state index in [4.69, 9.17) is 4.98 Å². The number of aromatic nitrogens is 1. The molecular formula is C16H21N3. The summed E-state index contributed by atoms with van der Waals surface area (Å²) in [4.78, 5) is 7.34. The summed E-state index contributed by atoms with van der Waals surface area (Å²) >= 11 is 0. The van der Waals surface area contributed by atoms with Crippen molar-refractivity contribution in [3.63, 3.8) is 0 Å². The maximum absolute atomic E-state index is 4.82. The molecular weight excluding hydrogens is 234 g/mol. The quantitative estimate of drug-likeness (QED) is 0.894. The molecule has 1 aromatic carbocycles. The maximum Gasteiger partial charge on any atom is 0.0706 e. The standard InChI is InChI=1S/C16H21N3/c1-13(19-11-4-9-17-10-12-19)15-8-7-14-5-2-3-6-16(14)18-15/h2-3,5-8,13,17H,4,9-12H2,1H3. The lowest BCUT2D eigenvalue weighted by atomic mass is 10.1. The summed E-state index contributed by atoms with van der Waals surface area (Å²) in [5, 5.41) is 4.67. The number of hydrogen-bond donors (Lipinski definition) is 1. The van der Waals surface area contributed by atoms with Crippen LogP contribution in [-0.2, 0) is 0 Å². The third-order valence-corrected chi connectivity index (χ3v) is 3.97. The monoisotopic (exact) mass is 255 g/mol. The Hall–Kier alpha value is -1.45. The molecule has 1 atom stereocenters. The van der Waals surface area contributed by atoms with Crippen molar-refractivity contribution < 1.29 is 0 Å². The predicted molar refractivity (Wildman–Crippen MR) is 79.2 cm³/mol. The zero-order valence-electron chi connectivity index (χ0n) is 11.5. The summed E-state index contributed by atoms with van der Waals surface area (Å²) in [6.07, 6.45) is 1.22. The lowest BCUT2D eigenvalue weighted by Crippen LogP contribution is -2.31. The zero-order chi connectivity index (χ0) is 13.1. The Labute approximate surface area is 114 Å². The first kappa shape index (κ1) is 12.6. The molecule has 1 saturated heterocycles. The molecule has 1 aromatic heterocycles. The summed E-state index contributed by atoms with van der Waals surface area (Å²) in [6, 6.07) is 13.1. The van der Waals surface area contributed by atoms with Crippen LogP contribution in [0.15, 0.2) is 36.4 Å². The Morgan fingerprint density at radius 1 is 1.11 bits per heavy atom. The van der Waals surface area contributed by atoms with Crippen LogP contribution in [0.4, 0.5) is 0 Å². The van der Waals surface area contributed by atoms with Gasteiger partial charge in [0.1, 0.15) is 0 Å². The topological polar surface area (TPSA) is 28.2 Å². The molecule has 1 N–H and O–H groups in total. The lowest BCUT2D eigenvalue weighted by molar-refractivity contribution is 0.222. The summed E-state index contributed by atoms with van der Waals surface area (Å²) in [5.41, 5.74) is 2.28. The Bertz CT molecular complexity index is 544. The van der Waals surface area contributed by atoms with Gasteiger partial charge in [-0.05, 0) is 32.0 Å². The van der Waals surface area contributed by atoms with Gasteiger partial charge in [-0.1, -0.05) is 24.3 Å². The highest BCUT2D eigenvalue weighted by Crippen LogP contribution is 2.21. The van der Waals surface area contributed by atoms with Gasteiger partial charge in [0.15, 0.2) is 0 Å². The number of benzene rings is 1. The Morgan fingerprint density at radius 3 is 2.95 bits per heavy atom. The van der Waals surface area contributed by atoms with Crippen molar-refractivity contribution in [1.82, 2.24) is 15.2 Å². The fourth-order valence-corrected chi connectivity index (χ4v) is 2.76. The van der Waals surface area contributed by atoms with E-state index in [0.29, 0.717) is 6.04 Å². The van der Waals surface area contributed by atoms with Crippen molar-refractivity contribution in [1.29, 1.82) is 0 Å². The van der Waals surface area contributed by atoms with Crippen molar-refractivity contribution in [3.8, 4) is 0 Å². The normalized spacial score (nSPS) is 19.2. The van der Waals surface area contributed by atoms with Crippen LogP contribution in [-0.4, -0.2) is 36.1 Å². The third-order valence-electron chi connectivity index (χ3n) is 3.97. The second-order valence-electron chi connectivity index (χ2n) is 5.24. The van der Waals surface area contributed by atoms with Crippen LogP contribution in [0.5, 0.6) is 0 Å². The molecule has 0 aliphatic carbocycles. The van der Waals surface area contributed by atoms with Gasteiger partial charge in [-0.15, -0.1) is 0 Å². The molecule has 1 fully saturated rings.